The summed E-state index contributed by atoms with van der Waals surface area (Å²) < 4.78 is 23.1. The van der Waals surface area contributed by atoms with Gasteiger partial charge >= 0.3 is 0 Å². The molecule has 4 nitrogen and oxygen atoms in total. The van der Waals surface area contributed by atoms with E-state index in [1.807, 2.05) is 6.92 Å². The minimum Gasteiger partial charge on any atom is -0.389 e. The highest BCUT2D eigenvalue weighted by Gasteiger charge is 2.75. The molecule has 0 aromatic carbocycles. The predicted molar refractivity (Wildman–Crippen MR) is 92.1 cm³/mol. The average molecular weight is 362 g/mol. The molecule has 5 rings (SSSR count). The lowest BCUT2D eigenvalue weighted by Gasteiger charge is -2.60. The Hall–Kier alpha value is -1.07. The van der Waals surface area contributed by atoms with E-state index in [4.69, 9.17) is 4.74 Å². The number of ketones is 2. The van der Waals surface area contributed by atoms with Crippen molar-refractivity contribution in [1.82, 2.24) is 0 Å². The van der Waals surface area contributed by atoms with Crippen molar-refractivity contribution in [1.29, 1.82) is 0 Å². The van der Waals surface area contributed by atoms with Crippen LogP contribution in [0.1, 0.15) is 51.9 Å². The molecule has 7 atom stereocenters. The zero-order valence-electron chi connectivity index (χ0n) is 15.3. The number of aliphatic hydroxyl groups is 1. The third kappa shape index (κ3) is 1.77. The third-order valence-electron chi connectivity index (χ3n) is 8.84. The number of fused-ring (bicyclic) bond motifs is 6. The van der Waals surface area contributed by atoms with Crippen LogP contribution in [0.5, 0.6) is 0 Å². The molecule has 2 bridgehead atoms. The Morgan fingerprint density at radius 1 is 1.31 bits per heavy atom. The lowest BCUT2D eigenvalue weighted by atomic mass is 9.45. The van der Waals surface area contributed by atoms with Crippen LogP contribution in [0.3, 0.4) is 0 Å². The van der Waals surface area contributed by atoms with Gasteiger partial charge in [-0.25, -0.2) is 4.39 Å². The van der Waals surface area contributed by atoms with Crippen molar-refractivity contribution in [3.05, 3.63) is 11.6 Å². The van der Waals surface area contributed by atoms with E-state index >= 15 is 4.39 Å². The van der Waals surface area contributed by atoms with Gasteiger partial charge in [-0.05, 0) is 50.5 Å². The maximum Gasteiger partial charge on any atom is 0.161 e. The number of hydrogen-bond acceptors (Lipinski definition) is 4. The second-order valence-electron chi connectivity index (χ2n) is 9.48. The SMILES string of the molecule is CC12CCC(=O)C=C1CCC1C3CCC(C(=O)CO)C34COC(C4)[C@@]12F. The zero-order valence-corrected chi connectivity index (χ0v) is 15.3. The standard InChI is InChI=1S/C21H27FO4/c1-19-7-6-13(24)8-12(19)2-3-15-14-4-5-16(17(25)10-23)20(14)9-18(26-11-20)21(15,19)22/h8,14-16,18,23H,2-7,9-11H2,1H3/t14?,15?,16?,18?,19?,20?,21-/m0/s1. The van der Waals surface area contributed by atoms with Gasteiger partial charge in [0.15, 0.2) is 11.6 Å². The van der Waals surface area contributed by atoms with E-state index in [-0.39, 0.29) is 34.7 Å². The van der Waals surface area contributed by atoms with E-state index in [1.54, 1.807) is 6.08 Å². The van der Waals surface area contributed by atoms with Crippen LogP contribution in [0.2, 0.25) is 0 Å². The van der Waals surface area contributed by atoms with Gasteiger partial charge < -0.3 is 9.84 Å². The number of Topliss-reactive ketones (excluding diaryl/α,β-unsaturated/α-hetero) is 1. The molecule has 0 aromatic heterocycles. The third-order valence-corrected chi connectivity index (χ3v) is 8.84. The van der Waals surface area contributed by atoms with E-state index in [2.05, 4.69) is 0 Å². The molecular weight excluding hydrogens is 335 g/mol. The molecule has 5 aliphatic rings. The summed E-state index contributed by atoms with van der Waals surface area (Å²) in [6.45, 7) is 2.01. The first kappa shape index (κ1) is 17.1. The molecule has 1 aliphatic heterocycles. The van der Waals surface area contributed by atoms with Gasteiger partial charge in [-0.3, -0.25) is 9.59 Å². The van der Waals surface area contributed by atoms with Crippen molar-refractivity contribution in [2.45, 2.75) is 63.6 Å². The fourth-order valence-corrected chi connectivity index (χ4v) is 7.63. The Morgan fingerprint density at radius 3 is 2.88 bits per heavy atom. The molecule has 5 heteroatoms. The molecule has 1 spiro atoms. The number of alkyl halides is 1. The van der Waals surface area contributed by atoms with Gasteiger partial charge in [0.1, 0.15) is 12.3 Å². The molecule has 26 heavy (non-hydrogen) atoms. The lowest BCUT2D eigenvalue weighted by Crippen LogP contribution is -2.65. The number of aliphatic hydroxyl groups excluding tert-OH is 1. The highest BCUT2D eigenvalue weighted by Crippen LogP contribution is 2.72. The largest absolute Gasteiger partial charge is 0.389 e. The van der Waals surface area contributed by atoms with Crippen LogP contribution in [0.15, 0.2) is 11.6 Å². The van der Waals surface area contributed by atoms with E-state index < -0.39 is 23.8 Å². The second kappa shape index (κ2) is 5.26. The molecule has 0 amide bonds. The molecule has 1 saturated heterocycles. The summed E-state index contributed by atoms with van der Waals surface area (Å²) in [6, 6.07) is 0. The fraction of sp³-hybridized carbons (Fsp3) is 0.810. The van der Waals surface area contributed by atoms with Crippen molar-refractivity contribution < 1.29 is 23.8 Å². The molecule has 0 radical (unpaired) electrons. The minimum absolute atomic E-state index is 0.103. The second-order valence-corrected chi connectivity index (χ2v) is 9.48. The van der Waals surface area contributed by atoms with Crippen molar-refractivity contribution in [2.75, 3.05) is 13.2 Å². The number of halogens is 1. The van der Waals surface area contributed by atoms with E-state index in [9.17, 15) is 14.7 Å². The van der Waals surface area contributed by atoms with Gasteiger partial charge in [0.05, 0.1) is 12.7 Å². The summed E-state index contributed by atoms with van der Waals surface area (Å²) in [5, 5.41) is 9.41. The van der Waals surface area contributed by atoms with Gasteiger partial charge in [-0.1, -0.05) is 12.5 Å². The normalized spacial score (nSPS) is 52.1. The van der Waals surface area contributed by atoms with Crippen LogP contribution in [0, 0.1) is 28.6 Å². The first-order valence-electron chi connectivity index (χ1n) is 10.0. The van der Waals surface area contributed by atoms with Crippen molar-refractivity contribution in [2.24, 2.45) is 28.6 Å². The molecule has 0 aromatic rings. The van der Waals surface area contributed by atoms with Gasteiger partial charge in [0.25, 0.3) is 0 Å². The first-order valence-corrected chi connectivity index (χ1v) is 10.0. The molecule has 1 N–H and O–H groups in total. The molecule has 4 fully saturated rings. The summed E-state index contributed by atoms with van der Waals surface area (Å²) in [6.07, 6.45) is 5.84. The topological polar surface area (TPSA) is 63.6 Å². The Labute approximate surface area is 153 Å². The lowest BCUT2D eigenvalue weighted by molar-refractivity contribution is -0.171. The summed E-state index contributed by atoms with van der Waals surface area (Å²) in [4.78, 5) is 24.3. The highest BCUT2D eigenvalue weighted by molar-refractivity contribution is 5.91. The van der Waals surface area contributed by atoms with Crippen molar-refractivity contribution in [3.63, 3.8) is 0 Å². The first-order chi connectivity index (χ1) is 12.4. The van der Waals surface area contributed by atoms with Crippen LogP contribution >= 0.6 is 0 Å². The van der Waals surface area contributed by atoms with E-state index in [0.717, 1.165) is 31.3 Å². The van der Waals surface area contributed by atoms with E-state index in [0.29, 0.717) is 25.9 Å². The Bertz CT molecular complexity index is 717. The van der Waals surface area contributed by atoms with E-state index in [1.165, 1.54) is 0 Å². The monoisotopic (exact) mass is 362 g/mol. The average Bonchev–Trinajstić information content (AvgIpc) is 3.20. The highest BCUT2D eigenvalue weighted by atomic mass is 19.1. The molecule has 4 aliphatic carbocycles. The van der Waals surface area contributed by atoms with Crippen LogP contribution in [-0.4, -0.2) is 41.7 Å². The van der Waals surface area contributed by atoms with Crippen molar-refractivity contribution >= 4 is 11.6 Å². The summed E-state index contributed by atoms with van der Waals surface area (Å²) >= 11 is 0. The predicted octanol–water partition coefficient (Wildman–Crippen LogP) is 2.78. The zero-order chi connectivity index (χ0) is 18.3. The molecule has 3 saturated carbocycles. The summed E-state index contributed by atoms with van der Waals surface area (Å²) in [5.41, 5.74) is -1.41. The molecule has 1 heterocycles. The van der Waals surface area contributed by atoms with Crippen molar-refractivity contribution in [3.8, 4) is 0 Å². The summed E-state index contributed by atoms with van der Waals surface area (Å²) in [5.74, 6) is -0.149. The Morgan fingerprint density at radius 2 is 2.12 bits per heavy atom. The minimum atomic E-state index is -1.46. The maximum absolute atomic E-state index is 17.0. The number of carbonyl (C=O) groups is 2. The molecular formula is C21H27FO4. The smallest absolute Gasteiger partial charge is 0.161 e. The quantitative estimate of drug-likeness (QED) is 0.820. The number of carbonyl (C=O) groups excluding carboxylic acids is 2. The van der Waals surface area contributed by atoms with Gasteiger partial charge in [-0.2, -0.15) is 0 Å². The van der Waals surface area contributed by atoms with Gasteiger partial charge in [0.2, 0.25) is 0 Å². The molecule has 6 unspecified atom stereocenters. The van der Waals surface area contributed by atoms with Crippen LogP contribution in [0.4, 0.5) is 4.39 Å². The van der Waals surface area contributed by atoms with Gasteiger partial charge in [-0.15, -0.1) is 0 Å². The van der Waals surface area contributed by atoms with Crippen LogP contribution in [0.25, 0.3) is 0 Å². The van der Waals surface area contributed by atoms with Crippen LogP contribution in [-0.2, 0) is 14.3 Å². The van der Waals surface area contributed by atoms with Crippen LogP contribution < -0.4 is 0 Å². The Kier molecular flexibility index (Phi) is 3.45. The molecule has 142 valence electrons. The number of ether oxygens (including phenoxy) is 1. The maximum atomic E-state index is 17.0. The number of allylic oxidation sites excluding steroid dienone is 1. The fourth-order valence-electron chi connectivity index (χ4n) is 7.63. The number of hydrogen-bond donors (Lipinski definition) is 1. The van der Waals surface area contributed by atoms with Gasteiger partial charge in [0, 0.05) is 29.1 Å². The number of rotatable bonds is 2. The Balaban J connectivity index is 1.60. The summed E-state index contributed by atoms with van der Waals surface area (Å²) in [7, 11) is 0.